The Hall–Kier alpha value is -1.28. The number of nitrogens with zero attached hydrogens (tertiary/aromatic N) is 1. The van der Waals surface area contributed by atoms with E-state index in [1.54, 1.807) is 24.3 Å². The first-order chi connectivity index (χ1) is 12.7. The summed E-state index contributed by atoms with van der Waals surface area (Å²) in [4.78, 5) is 1.41. The lowest BCUT2D eigenvalue weighted by Crippen LogP contribution is -2.52. The summed E-state index contributed by atoms with van der Waals surface area (Å²) in [7, 11) is -6.41. The summed E-state index contributed by atoms with van der Waals surface area (Å²) in [5.74, 6) is 0. The van der Waals surface area contributed by atoms with Crippen LogP contribution in [0.25, 0.3) is 6.08 Å². The van der Waals surface area contributed by atoms with Gasteiger partial charge in [-0.25, -0.2) is 8.42 Å². The Morgan fingerprint density at radius 1 is 1.04 bits per heavy atom. The lowest BCUT2D eigenvalue weighted by Gasteiger charge is -2.41. The fourth-order valence-electron chi connectivity index (χ4n) is 4.98. The van der Waals surface area contributed by atoms with Crippen molar-refractivity contribution in [3.05, 3.63) is 35.5 Å². The summed E-state index contributed by atoms with van der Waals surface area (Å²) in [6, 6.07) is 4.92. The van der Waals surface area contributed by atoms with Gasteiger partial charge >= 0.3 is 6.18 Å². The van der Waals surface area contributed by atoms with E-state index in [0.717, 1.165) is 10.5 Å². The van der Waals surface area contributed by atoms with Crippen molar-refractivity contribution in [3.8, 4) is 0 Å². The van der Waals surface area contributed by atoms with Crippen LogP contribution in [-0.4, -0.2) is 33.3 Å². The van der Waals surface area contributed by atoms with E-state index in [0.29, 0.717) is 5.56 Å². The summed E-state index contributed by atoms with van der Waals surface area (Å²) >= 11 is 0. The molecule has 1 aromatic rings. The van der Waals surface area contributed by atoms with Crippen molar-refractivity contribution < 1.29 is 21.6 Å². The molecule has 2 rings (SSSR count). The minimum absolute atomic E-state index is 0.0233. The minimum Gasteiger partial charge on any atom is -0.364 e. The Labute approximate surface area is 167 Å². The average molecular weight is 434 g/mol. The summed E-state index contributed by atoms with van der Waals surface area (Å²) in [6.07, 6.45) is -1.28. The van der Waals surface area contributed by atoms with Gasteiger partial charge in [-0.2, -0.15) is 13.2 Å². The molecule has 1 aromatic carbocycles. The molecule has 0 saturated heterocycles. The third kappa shape index (κ3) is 4.03. The Bertz CT molecular complexity index is 824. The van der Waals surface area contributed by atoms with Crippen molar-refractivity contribution in [1.82, 2.24) is 4.90 Å². The Morgan fingerprint density at radius 2 is 1.57 bits per heavy atom. The molecule has 0 amide bonds. The predicted octanol–water partition coefficient (Wildman–Crippen LogP) is 5.98. The number of hydrogen-bond donors (Lipinski definition) is 0. The second-order valence-electron chi connectivity index (χ2n) is 8.52. The molecule has 158 valence electrons. The molecule has 0 aliphatic carbocycles. The van der Waals surface area contributed by atoms with Gasteiger partial charge in [0.05, 0.1) is 4.90 Å². The average Bonchev–Trinajstić information content (AvgIpc) is 2.51. The standard InChI is InChI=1S/C20H30F3NO2SSi/c1-14(2)28(15(3)4,16(5)6)27(25,26)19-8-7-17-9-10-24(12-18(17)11-19)13-20(21,22)23/h7-11,14-16H,12-13H2,1-6H3. The van der Waals surface area contributed by atoms with Gasteiger partial charge in [-0.05, 0) is 46.0 Å². The first-order valence-corrected chi connectivity index (χ1v) is 14.0. The Kier molecular flexibility index (Phi) is 6.45. The SMILES string of the molecule is CC(C)[Si](C(C)C)(C(C)C)S(=O)(=O)c1ccc2c(c1)CN(CC(F)(F)F)C=C2. The summed E-state index contributed by atoms with van der Waals surface area (Å²) in [6.45, 7) is 10.9. The van der Waals surface area contributed by atoms with Crippen molar-refractivity contribution in [2.75, 3.05) is 6.54 Å². The van der Waals surface area contributed by atoms with Gasteiger partial charge in [0, 0.05) is 12.7 Å². The van der Waals surface area contributed by atoms with Crippen molar-refractivity contribution >= 4 is 22.6 Å². The van der Waals surface area contributed by atoms with Crippen molar-refractivity contribution in [1.29, 1.82) is 0 Å². The summed E-state index contributed by atoms with van der Waals surface area (Å²) in [5.41, 5.74) is 1.45. The molecule has 8 heteroatoms. The van der Waals surface area contributed by atoms with Crippen LogP contribution in [0.1, 0.15) is 52.7 Å². The summed E-state index contributed by atoms with van der Waals surface area (Å²) < 4.78 is 65.9. The van der Waals surface area contributed by atoms with Crippen molar-refractivity contribution in [3.63, 3.8) is 0 Å². The zero-order valence-electron chi connectivity index (χ0n) is 17.3. The van der Waals surface area contributed by atoms with Gasteiger partial charge < -0.3 is 4.90 Å². The second kappa shape index (κ2) is 7.86. The highest BCUT2D eigenvalue weighted by molar-refractivity contribution is 8.22. The molecular weight excluding hydrogens is 403 g/mol. The number of halogens is 3. The molecular formula is C20H30F3NO2SSi. The van der Waals surface area contributed by atoms with Crippen LogP contribution in [0.4, 0.5) is 13.2 Å². The van der Waals surface area contributed by atoms with Gasteiger partial charge in [-0.15, -0.1) is 0 Å². The van der Waals surface area contributed by atoms with Crippen LogP contribution in [-0.2, 0) is 15.8 Å². The molecule has 0 radical (unpaired) electrons. The molecule has 0 bridgehead atoms. The lowest BCUT2D eigenvalue weighted by atomic mass is 10.0. The van der Waals surface area contributed by atoms with E-state index >= 15 is 0 Å². The maximum Gasteiger partial charge on any atom is 0.405 e. The number of hydrogen-bond acceptors (Lipinski definition) is 3. The third-order valence-corrected chi connectivity index (χ3v) is 20.8. The Morgan fingerprint density at radius 3 is 2.04 bits per heavy atom. The number of fused-ring (bicyclic) bond motifs is 1. The second-order valence-corrected chi connectivity index (χ2v) is 18.9. The molecule has 0 fully saturated rings. The van der Waals surface area contributed by atoms with Gasteiger partial charge in [0.25, 0.3) is 0 Å². The quantitative estimate of drug-likeness (QED) is 0.518. The van der Waals surface area contributed by atoms with Crippen LogP contribution in [0.15, 0.2) is 29.3 Å². The van der Waals surface area contributed by atoms with E-state index in [9.17, 15) is 21.6 Å². The highest BCUT2D eigenvalue weighted by Crippen LogP contribution is 2.48. The topological polar surface area (TPSA) is 37.4 Å². The van der Waals surface area contributed by atoms with E-state index in [-0.39, 0.29) is 28.1 Å². The molecule has 1 heterocycles. The maximum atomic E-state index is 13.8. The lowest BCUT2D eigenvalue weighted by molar-refractivity contribution is -0.141. The molecule has 28 heavy (non-hydrogen) atoms. The highest BCUT2D eigenvalue weighted by atomic mass is 32.4. The fraction of sp³-hybridized carbons (Fsp3) is 0.600. The molecule has 3 nitrogen and oxygen atoms in total. The maximum absolute atomic E-state index is 13.8. The van der Waals surface area contributed by atoms with Crippen LogP contribution in [0.2, 0.25) is 16.6 Å². The van der Waals surface area contributed by atoms with E-state index < -0.39 is 29.2 Å². The van der Waals surface area contributed by atoms with Gasteiger partial charge in [-0.1, -0.05) is 47.6 Å². The van der Waals surface area contributed by atoms with E-state index in [1.165, 1.54) is 6.20 Å². The third-order valence-electron chi connectivity index (χ3n) is 5.82. The number of rotatable bonds is 6. The zero-order valence-corrected chi connectivity index (χ0v) is 19.2. The largest absolute Gasteiger partial charge is 0.405 e. The van der Waals surface area contributed by atoms with E-state index in [4.69, 9.17) is 0 Å². The molecule has 0 spiro atoms. The van der Waals surface area contributed by atoms with Crippen LogP contribution in [0.5, 0.6) is 0 Å². The van der Waals surface area contributed by atoms with Gasteiger partial charge in [-0.3, -0.25) is 0 Å². The molecule has 0 atom stereocenters. The number of benzene rings is 1. The first kappa shape index (κ1) is 23.0. The molecule has 0 N–H and O–H groups in total. The molecule has 1 aliphatic rings. The first-order valence-electron chi connectivity index (χ1n) is 9.60. The van der Waals surface area contributed by atoms with E-state index in [2.05, 4.69) is 0 Å². The van der Waals surface area contributed by atoms with Gasteiger partial charge in [0.15, 0.2) is 0 Å². The highest BCUT2D eigenvalue weighted by Gasteiger charge is 2.55. The number of alkyl halides is 3. The monoisotopic (exact) mass is 433 g/mol. The van der Waals surface area contributed by atoms with Crippen LogP contribution < -0.4 is 0 Å². The molecule has 0 aromatic heterocycles. The summed E-state index contributed by atoms with van der Waals surface area (Å²) in [5, 5.41) is 0. The molecule has 0 saturated carbocycles. The van der Waals surface area contributed by atoms with Crippen LogP contribution in [0.3, 0.4) is 0 Å². The Balaban J connectivity index is 2.52. The predicted molar refractivity (Wildman–Crippen MR) is 110 cm³/mol. The van der Waals surface area contributed by atoms with Crippen LogP contribution in [0, 0.1) is 0 Å². The molecule has 1 aliphatic heterocycles. The minimum atomic E-state index is -4.31. The van der Waals surface area contributed by atoms with Crippen molar-refractivity contribution in [2.24, 2.45) is 0 Å². The van der Waals surface area contributed by atoms with Gasteiger partial charge in [0.2, 0.25) is 7.22 Å². The van der Waals surface area contributed by atoms with Gasteiger partial charge in [0.1, 0.15) is 15.8 Å². The van der Waals surface area contributed by atoms with Crippen LogP contribution >= 0.6 is 0 Å². The zero-order chi connectivity index (χ0) is 21.5. The fourth-order valence-corrected chi connectivity index (χ4v) is 19.0. The van der Waals surface area contributed by atoms with E-state index in [1.807, 2.05) is 41.5 Å². The smallest absolute Gasteiger partial charge is 0.364 e. The van der Waals surface area contributed by atoms with Crippen molar-refractivity contribution in [2.45, 2.75) is 75.8 Å². The molecule has 0 unspecified atom stereocenters. The normalized spacial score (nSPS) is 15.6.